The van der Waals surface area contributed by atoms with Gasteiger partial charge in [-0.25, -0.2) is 14.4 Å². The van der Waals surface area contributed by atoms with Crippen molar-refractivity contribution in [1.82, 2.24) is 5.32 Å². The second-order valence-electron chi connectivity index (χ2n) is 23.4. The first-order chi connectivity index (χ1) is 31.8. The van der Waals surface area contributed by atoms with Gasteiger partial charge in [0.1, 0.15) is 29.5 Å². The summed E-state index contributed by atoms with van der Waals surface area (Å²) in [7, 11) is 1.42. The van der Waals surface area contributed by atoms with Gasteiger partial charge in [0.15, 0.2) is 17.5 Å². The first-order valence-corrected chi connectivity index (χ1v) is 23.9. The highest BCUT2D eigenvalue weighted by Crippen LogP contribution is 2.65. The second-order valence-corrected chi connectivity index (χ2v) is 23.4. The van der Waals surface area contributed by atoms with Crippen LogP contribution in [0.15, 0.2) is 71.8 Å². The number of carbonyl (C=O) groups is 5. The smallest absolute Gasteiger partial charge is 0.408 e. The van der Waals surface area contributed by atoms with E-state index in [1.54, 1.807) is 76.2 Å². The van der Waals surface area contributed by atoms with Crippen molar-refractivity contribution in [1.29, 1.82) is 0 Å². The van der Waals surface area contributed by atoms with E-state index >= 15 is 4.79 Å². The molecule has 2 aromatic carbocycles. The average molecular weight is 962 g/mol. The Hall–Kier alpha value is -4.67. The molecule has 2 bridgehead atoms. The molecule has 0 unspecified atom stereocenters. The SMILES string of the molecule is CO[C@H]1C[C@H]2OC[C@@]2(OC(C)=O)[C@H]2[C@H](OC(=O)c3ccccc3)[C@]3(O)C[C@H](OC(=O)[C@H](O)[C@@H](NC(=O)OC(C(C)(C)C)(C(C)(C)C)C(C)(C)C)c4ccccc4)C(C)=C([C@@H](CO)C(=O)[C@]12C)C3(C)C. The molecule has 1 heterocycles. The number of carbonyl (C=O) groups excluding carboxylic acids is 5. The standard InChI is InChI=1S/C54H75NO14/c1-30-35(66-45(61)40(58)39(32-22-18-16-19-23-32)55-46(62)69-54(47(3,4)5,48(6,7)8)49(9,10)11)27-53(63)43(67-44(60)33-24-20-17-21-25-33)41-51(14,42(59)34(28-56)38(30)50(53,12)13)36(64-15)26-37-52(41,29-65-37)68-31(2)57/h16-25,34-37,39-41,43,56,58,63H,26-29H2,1-15H3,(H,55,62)/t34-,35+,36+,37-,39+,40-,41+,43+,51-,52+,53-/m1/s1. The monoisotopic (exact) mass is 962 g/mol. The number of hydrogen-bond acceptors (Lipinski definition) is 14. The van der Waals surface area contributed by atoms with E-state index in [1.807, 2.05) is 62.3 Å². The summed E-state index contributed by atoms with van der Waals surface area (Å²) in [5.74, 6) is -6.01. The predicted octanol–water partition coefficient (Wildman–Crippen LogP) is 7.24. The number of hydrogen-bond donors (Lipinski definition) is 4. The van der Waals surface area contributed by atoms with Crippen molar-refractivity contribution in [3.63, 3.8) is 0 Å². The number of ketones is 1. The molecule has 15 nitrogen and oxygen atoms in total. The fourth-order valence-electron chi connectivity index (χ4n) is 14.0. The number of aliphatic hydroxyl groups excluding tert-OH is 2. The van der Waals surface area contributed by atoms with Gasteiger partial charge in [0.2, 0.25) is 0 Å². The molecule has 380 valence electrons. The molecular weight excluding hydrogens is 887 g/mol. The molecule has 15 heteroatoms. The number of Topliss-reactive ketones (excluding diaryl/α,β-unsaturated/α-hetero) is 1. The summed E-state index contributed by atoms with van der Waals surface area (Å²) in [6, 6.07) is 15.1. The van der Waals surface area contributed by atoms with Crippen molar-refractivity contribution in [2.45, 2.75) is 163 Å². The van der Waals surface area contributed by atoms with Crippen LogP contribution < -0.4 is 5.32 Å². The molecule has 4 aliphatic rings. The normalized spacial score (nSPS) is 31.0. The molecule has 6 rings (SSSR count). The first-order valence-electron chi connectivity index (χ1n) is 23.9. The van der Waals surface area contributed by atoms with Gasteiger partial charge in [0, 0.05) is 48.5 Å². The topological polar surface area (TPSA) is 213 Å². The molecule has 1 saturated heterocycles. The van der Waals surface area contributed by atoms with Crippen LogP contribution in [0.2, 0.25) is 0 Å². The summed E-state index contributed by atoms with van der Waals surface area (Å²) in [5, 5.41) is 40.2. The third kappa shape index (κ3) is 8.61. The highest BCUT2D eigenvalue weighted by molar-refractivity contribution is 5.93. The third-order valence-electron chi connectivity index (χ3n) is 16.2. The quantitative estimate of drug-likeness (QED) is 0.0994. The Morgan fingerprint density at radius 2 is 1.42 bits per heavy atom. The highest BCUT2D eigenvalue weighted by Gasteiger charge is 2.78. The molecule has 1 amide bonds. The van der Waals surface area contributed by atoms with E-state index in [2.05, 4.69) is 5.32 Å². The molecule has 4 N–H and O–H groups in total. The van der Waals surface area contributed by atoms with E-state index in [-0.39, 0.29) is 24.2 Å². The Bertz CT molecular complexity index is 2270. The number of rotatable bonds is 11. The van der Waals surface area contributed by atoms with Gasteiger partial charge in [-0.2, -0.15) is 0 Å². The predicted molar refractivity (Wildman–Crippen MR) is 254 cm³/mol. The van der Waals surface area contributed by atoms with Crippen LogP contribution in [0.1, 0.15) is 132 Å². The Balaban J connectivity index is 1.49. The van der Waals surface area contributed by atoms with Crippen molar-refractivity contribution in [2.75, 3.05) is 20.3 Å². The largest absolute Gasteiger partial charge is 0.456 e. The molecule has 1 aliphatic heterocycles. The number of amides is 1. The zero-order chi connectivity index (χ0) is 51.7. The van der Waals surface area contributed by atoms with Crippen LogP contribution in [0, 0.1) is 38.9 Å². The van der Waals surface area contributed by atoms with Crippen LogP contribution in [0.25, 0.3) is 0 Å². The van der Waals surface area contributed by atoms with E-state index in [0.29, 0.717) is 11.1 Å². The van der Waals surface area contributed by atoms with Gasteiger partial charge in [-0.1, -0.05) is 125 Å². The summed E-state index contributed by atoms with van der Waals surface area (Å²) in [6.45, 7) is 24.8. The zero-order valence-corrected chi connectivity index (χ0v) is 43.1. The van der Waals surface area contributed by atoms with Crippen molar-refractivity contribution < 1.29 is 67.7 Å². The minimum Gasteiger partial charge on any atom is -0.456 e. The maximum absolute atomic E-state index is 15.7. The summed E-state index contributed by atoms with van der Waals surface area (Å²) < 4.78 is 37.6. The molecule has 11 atom stereocenters. The van der Waals surface area contributed by atoms with Gasteiger partial charge in [-0.15, -0.1) is 0 Å². The molecule has 3 fully saturated rings. The Labute approximate surface area is 407 Å². The van der Waals surface area contributed by atoms with Gasteiger partial charge in [-0.05, 0) is 42.7 Å². The lowest BCUT2D eigenvalue weighted by molar-refractivity contribution is -0.347. The zero-order valence-electron chi connectivity index (χ0n) is 43.1. The molecule has 69 heavy (non-hydrogen) atoms. The molecular formula is C54H75NO14. The Morgan fingerprint density at radius 3 is 1.90 bits per heavy atom. The molecule has 2 aromatic rings. The van der Waals surface area contributed by atoms with Crippen LogP contribution in [0.3, 0.4) is 0 Å². The number of alkyl carbamates (subject to hydrolysis) is 1. The Morgan fingerprint density at radius 1 is 0.870 bits per heavy atom. The van der Waals surface area contributed by atoms with Crippen LogP contribution in [0.4, 0.5) is 4.79 Å². The number of nitrogens with one attached hydrogen (secondary N) is 1. The van der Waals surface area contributed by atoms with Gasteiger partial charge >= 0.3 is 24.0 Å². The fraction of sp³-hybridized carbons (Fsp3) is 0.648. The minimum atomic E-state index is -2.28. The highest BCUT2D eigenvalue weighted by atomic mass is 16.6. The molecule has 0 spiro atoms. The van der Waals surface area contributed by atoms with Crippen LogP contribution in [-0.2, 0) is 42.8 Å². The number of benzene rings is 2. The second kappa shape index (κ2) is 18.5. The number of esters is 3. The summed E-state index contributed by atoms with van der Waals surface area (Å²) in [4.78, 5) is 72.3. The van der Waals surface area contributed by atoms with E-state index in [1.165, 1.54) is 26.2 Å². The molecule has 3 aliphatic carbocycles. The molecule has 0 radical (unpaired) electrons. The van der Waals surface area contributed by atoms with Gasteiger partial charge in [0.05, 0.1) is 48.2 Å². The third-order valence-corrected chi connectivity index (χ3v) is 16.2. The number of methoxy groups -OCH3 is 1. The first kappa shape index (κ1) is 53.7. The minimum absolute atomic E-state index is 0.0890. The summed E-state index contributed by atoms with van der Waals surface area (Å²) in [5.41, 5.74) is -9.01. The van der Waals surface area contributed by atoms with E-state index in [4.69, 9.17) is 28.4 Å². The molecule has 0 aromatic heterocycles. The van der Waals surface area contributed by atoms with E-state index in [9.17, 15) is 34.5 Å². The van der Waals surface area contributed by atoms with Crippen molar-refractivity contribution >= 4 is 29.8 Å². The van der Waals surface area contributed by atoms with Crippen LogP contribution in [-0.4, -0.2) is 113 Å². The maximum atomic E-state index is 15.7. The van der Waals surface area contributed by atoms with Gasteiger partial charge in [0.25, 0.3) is 0 Å². The Kier molecular flexibility index (Phi) is 14.4. The number of aliphatic hydroxyl groups is 3. The van der Waals surface area contributed by atoms with Gasteiger partial charge in [-0.3, -0.25) is 9.59 Å². The van der Waals surface area contributed by atoms with Crippen molar-refractivity contribution in [3.05, 3.63) is 82.9 Å². The van der Waals surface area contributed by atoms with E-state index in [0.717, 1.165) is 0 Å². The van der Waals surface area contributed by atoms with Crippen molar-refractivity contribution in [2.24, 2.45) is 38.9 Å². The lowest BCUT2D eigenvalue weighted by Gasteiger charge is -2.68. The lowest BCUT2D eigenvalue weighted by atomic mass is 9.43. The van der Waals surface area contributed by atoms with Gasteiger partial charge < -0.3 is 49.1 Å². The van der Waals surface area contributed by atoms with E-state index < -0.39 is 135 Å². The van der Waals surface area contributed by atoms with Crippen LogP contribution in [0.5, 0.6) is 0 Å². The fourth-order valence-corrected chi connectivity index (χ4v) is 14.0. The lowest BCUT2D eigenvalue weighted by Crippen LogP contribution is -2.81. The number of fused-ring (bicyclic) bond motifs is 5. The average Bonchev–Trinajstić information content (AvgIpc) is 3.25. The summed E-state index contributed by atoms with van der Waals surface area (Å²) >= 11 is 0. The van der Waals surface area contributed by atoms with Crippen LogP contribution >= 0.6 is 0 Å². The summed E-state index contributed by atoms with van der Waals surface area (Å²) in [6.07, 6.45) is -8.24. The maximum Gasteiger partial charge on any atom is 0.408 e. The number of ether oxygens (including phenoxy) is 6. The van der Waals surface area contributed by atoms with Crippen molar-refractivity contribution in [3.8, 4) is 0 Å². The molecule has 2 saturated carbocycles.